The van der Waals surface area contributed by atoms with Crippen molar-refractivity contribution in [1.82, 2.24) is 14.8 Å². The Morgan fingerprint density at radius 2 is 1.52 bits per heavy atom. The van der Waals surface area contributed by atoms with Crippen LogP contribution in [0.5, 0.6) is 0 Å². The van der Waals surface area contributed by atoms with Crippen LogP contribution in [0.1, 0.15) is 44.3 Å². The van der Waals surface area contributed by atoms with Crippen molar-refractivity contribution < 1.29 is 0 Å². The smallest absolute Gasteiger partial charge is 0.163 e. The van der Waals surface area contributed by atoms with Gasteiger partial charge in [0.1, 0.15) is 5.82 Å². The van der Waals surface area contributed by atoms with Crippen molar-refractivity contribution in [3.05, 3.63) is 35.1 Å². The highest BCUT2D eigenvalue weighted by Gasteiger charge is 2.53. The molecule has 0 radical (unpaired) electrons. The Kier molecular flexibility index (Phi) is 2.94. The molecule has 3 nitrogen and oxygen atoms in total. The summed E-state index contributed by atoms with van der Waals surface area (Å²) in [6.45, 7) is 0. The highest BCUT2D eigenvalue weighted by molar-refractivity contribution is 6.30. The lowest BCUT2D eigenvalue weighted by molar-refractivity contribution is -0.0107. The topological polar surface area (TPSA) is 30.7 Å². The van der Waals surface area contributed by atoms with E-state index in [2.05, 4.69) is 21.8 Å². The normalized spacial score (nSPS) is 35.0. The number of halogens is 1. The number of rotatable bonds is 2. The van der Waals surface area contributed by atoms with E-state index in [0.29, 0.717) is 5.41 Å². The van der Waals surface area contributed by atoms with Gasteiger partial charge in [-0.25, -0.2) is 0 Å². The van der Waals surface area contributed by atoms with E-state index in [4.69, 9.17) is 11.6 Å². The molecule has 4 heteroatoms. The zero-order valence-corrected chi connectivity index (χ0v) is 14.3. The molecule has 120 valence electrons. The maximum absolute atomic E-state index is 6.01. The molecule has 4 bridgehead atoms. The fourth-order valence-corrected chi connectivity index (χ4v) is 6.15. The lowest BCUT2D eigenvalue weighted by Gasteiger charge is -2.56. The molecule has 1 heterocycles. The van der Waals surface area contributed by atoms with E-state index in [9.17, 15) is 0 Å². The molecule has 0 atom stereocenters. The first-order valence-electron chi connectivity index (χ1n) is 8.79. The Hall–Kier alpha value is -1.35. The van der Waals surface area contributed by atoms with Gasteiger partial charge in [-0.1, -0.05) is 11.6 Å². The molecule has 23 heavy (non-hydrogen) atoms. The summed E-state index contributed by atoms with van der Waals surface area (Å²) in [6, 6.07) is 7.93. The van der Waals surface area contributed by atoms with Gasteiger partial charge in [0.2, 0.25) is 0 Å². The van der Waals surface area contributed by atoms with Gasteiger partial charge in [0, 0.05) is 23.0 Å². The van der Waals surface area contributed by atoms with Crippen molar-refractivity contribution in [3.8, 4) is 11.4 Å². The Morgan fingerprint density at radius 3 is 2.09 bits per heavy atom. The number of benzene rings is 1. The first-order valence-corrected chi connectivity index (χ1v) is 9.16. The summed E-state index contributed by atoms with van der Waals surface area (Å²) in [6.07, 6.45) is 8.35. The van der Waals surface area contributed by atoms with Crippen molar-refractivity contribution in [2.24, 2.45) is 24.8 Å². The lowest BCUT2D eigenvalue weighted by atomic mass is 9.49. The van der Waals surface area contributed by atoms with E-state index in [-0.39, 0.29) is 0 Å². The van der Waals surface area contributed by atoms with Crippen LogP contribution >= 0.6 is 11.6 Å². The van der Waals surface area contributed by atoms with Crippen molar-refractivity contribution in [2.45, 2.75) is 43.9 Å². The van der Waals surface area contributed by atoms with Crippen LogP contribution in [-0.4, -0.2) is 14.8 Å². The number of nitrogens with zero attached hydrogens (tertiary/aromatic N) is 3. The highest BCUT2D eigenvalue weighted by atomic mass is 35.5. The third-order valence-corrected chi connectivity index (χ3v) is 6.74. The van der Waals surface area contributed by atoms with Crippen LogP contribution in [0.2, 0.25) is 5.02 Å². The van der Waals surface area contributed by atoms with Crippen LogP contribution in [0, 0.1) is 17.8 Å². The van der Waals surface area contributed by atoms with Crippen molar-refractivity contribution in [1.29, 1.82) is 0 Å². The minimum absolute atomic E-state index is 0.293. The zero-order valence-electron chi connectivity index (χ0n) is 13.5. The molecule has 0 saturated heterocycles. The summed E-state index contributed by atoms with van der Waals surface area (Å²) in [5.41, 5.74) is 1.39. The molecule has 0 N–H and O–H groups in total. The van der Waals surface area contributed by atoms with Crippen LogP contribution in [-0.2, 0) is 12.5 Å². The Morgan fingerprint density at radius 1 is 0.957 bits per heavy atom. The van der Waals surface area contributed by atoms with Crippen LogP contribution in [0.4, 0.5) is 0 Å². The van der Waals surface area contributed by atoms with E-state index in [1.807, 2.05) is 24.3 Å². The SMILES string of the molecule is Cn1c(-c2ccc(Cl)cc2)nnc1C12CC3CC(CC(C3)C1)C2. The molecule has 1 aromatic heterocycles. The number of aromatic nitrogens is 3. The minimum Gasteiger partial charge on any atom is -0.314 e. The molecule has 0 spiro atoms. The van der Waals surface area contributed by atoms with Gasteiger partial charge in [-0.15, -0.1) is 10.2 Å². The molecule has 2 aromatic rings. The first-order chi connectivity index (χ1) is 11.1. The fourth-order valence-electron chi connectivity index (χ4n) is 6.03. The largest absolute Gasteiger partial charge is 0.314 e. The molecule has 1 aromatic carbocycles. The molecular formula is C19H22ClN3. The molecule has 4 aliphatic carbocycles. The standard InChI is InChI=1S/C19H22ClN3/c1-23-17(15-2-4-16(20)5-3-15)21-22-18(23)19-9-12-6-13(10-19)8-14(7-12)11-19/h2-5,12-14H,6-11H2,1H3. The van der Waals surface area contributed by atoms with Gasteiger partial charge >= 0.3 is 0 Å². The van der Waals surface area contributed by atoms with Crippen LogP contribution in [0.25, 0.3) is 11.4 Å². The van der Waals surface area contributed by atoms with E-state index >= 15 is 0 Å². The molecule has 4 aliphatic rings. The van der Waals surface area contributed by atoms with Gasteiger partial charge in [-0.2, -0.15) is 0 Å². The third-order valence-electron chi connectivity index (χ3n) is 6.49. The van der Waals surface area contributed by atoms with Gasteiger partial charge in [0.15, 0.2) is 5.82 Å². The summed E-state index contributed by atoms with van der Waals surface area (Å²) >= 11 is 6.01. The number of hydrogen-bond acceptors (Lipinski definition) is 2. The maximum Gasteiger partial charge on any atom is 0.163 e. The summed E-state index contributed by atoms with van der Waals surface area (Å²) in [5.74, 6) is 4.97. The van der Waals surface area contributed by atoms with Crippen molar-refractivity contribution >= 4 is 11.6 Å². The zero-order chi connectivity index (χ0) is 15.6. The average Bonchev–Trinajstić information content (AvgIpc) is 2.89. The van der Waals surface area contributed by atoms with E-state index in [1.54, 1.807) is 0 Å². The van der Waals surface area contributed by atoms with E-state index in [0.717, 1.165) is 34.2 Å². The molecule has 4 fully saturated rings. The molecule has 0 aliphatic heterocycles. The van der Waals surface area contributed by atoms with Crippen LogP contribution in [0.3, 0.4) is 0 Å². The Bertz CT molecular complexity index is 711. The second-order valence-electron chi connectivity index (χ2n) is 8.11. The van der Waals surface area contributed by atoms with Gasteiger partial charge in [-0.3, -0.25) is 0 Å². The monoisotopic (exact) mass is 327 g/mol. The van der Waals surface area contributed by atoms with Crippen molar-refractivity contribution in [3.63, 3.8) is 0 Å². The third kappa shape index (κ3) is 2.09. The summed E-state index contributed by atoms with van der Waals surface area (Å²) in [7, 11) is 2.14. The van der Waals surface area contributed by atoms with Crippen LogP contribution in [0.15, 0.2) is 24.3 Å². The molecule has 6 rings (SSSR count). The minimum atomic E-state index is 0.293. The van der Waals surface area contributed by atoms with Gasteiger partial charge in [-0.05, 0) is 80.5 Å². The average molecular weight is 328 g/mol. The second-order valence-corrected chi connectivity index (χ2v) is 8.55. The fraction of sp³-hybridized carbons (Fsp3) is 0.579. The Balaban J connectivity index is 1.56. The van der Waals surface area contributed by atoms with Gasteiger partial charge in [0.05, 0.1) is 0 Å². The molecule has 0 unspecified atom stereocenters. The predicted molar refractivity (Wildman–Crippen MR) is 91.3 cm³/mol. The maximum atomic E-state index is 6.01. The van der Waals surface area contributed by atoms with Crippen LogP contribution < -0.4 is 0 Å². The predicted octanol–water partition coefficient (Wildman–Crippen LogP) is 4.60. The lowest BCUT2D eigenvalue weighted by Crippen LogP contribution is -2.49. The van der Waals surface area contributed by atoms with E-state index < -0.39 is 0 Å². The second kappa shape index (κ2) is 4.83. The summed E-state index contributed by atoms with van der Waals surface area (Å²) in [4.78, 5) is 0. The highest BCUT2D eigenvalue weighted by Crippen LogP contribution is 2.60. The van der Waals surface area contributed by atoms with E-state index in [1.165, 1.54) is 44.3 Å². The summed E-state index contributed by atoms with van der Waals surface area (Å²) in [5, 5.41) is 9.99. The van der Waals surface area contributed by atoms with Gasteiger partial charge in [0.25, 0.3) is 0 Å². The molecular weight excluding hydrogens is 306 g/mol. The molecule has 4 saturated carbocycles. The Labute approximate surface area is 142 Å². The quantitative estimate of drug-likeness (QED) is 0.806. The first kappa shape index (κ1) is 14.0. The van der Waals surface area contributed by atoms with Crippen molar-refractivity contribution in [2.75, 3.05) is 0 Å². The van der Waals surface area contributed by atoms with Gasteiger partial charge < -0.3 is 4.57 Å². The molecule has 0 amide bonds. The summed E-state index contributed by atoms with van der Waals surface area (Å²) < 4.78 is 2.25. The number of hydrogen-bond donors (Lipinski definition) is 0.